The number of carbonyl (C=O) groups is 1. The fraction of sp³-hybridized carbons (Fsp3) is 0.292. The normalized spacial score (nSPS) is 11.4. The van der Waals surface area contributed by atoms with Gasteiger partial charge in [0.25, 0.3) is 5.91 Å². The van der Waals surface area contributed by atoms with Crippen molar-refractivity contribution in [2.24, 2.45) is 5.10 Å². The smallest absolute Gasteiger partial charge is 0.272 e. The van der Waals surface area contributed by atoms with E-state index in [0.717, 1.165) is 29.0 Å². The summed E-state index contributed by atoms with van der Waals surface area (Å²) >= 11 is 0. The van der Waals surface area contributed by atoms with Crippen molar-refractivity contribution in [3.63, 3.8) is 0 Å². The third kappa shape index (κ3) is 5.88. The van der Waals surface area contributed by atoms with Crippen LogP contribution in [0.4, 0.5) is 0 Å². The maximum absolute atomic E-state index is 12.4. The Morgan fingerprint density at radius 3 is 2.52 bits per heavy atom. The SMILES string of the molecule is CCCCCCc1ccc(/C(C)=N/NC(=O)c2cc(-c3ccccc3)n[nH]2)cc1. The minimum Gasteiger partial charge on any atom is -0.272 e. The number of aromatic nitrogens is 2. The van der Waals surface area contributed by atoms with Crippen LogP contribution in [0.25, 0.3) is 11.3 Å². The summed E-state index contributed by atoms with van der Waals surface area (Å²) in [6.07, 6.45) is 6.17. The number of nitrogens with zero attached hydrogens (tertiary/aromatic N) is 2. The summed E-state index contributed by atoms with van der Waals surface area (Å²) in [5.41, 5.74) is 7.76. The summed E-state index contributed by atoms with van der Waals surface area (Å²) in [5, 5.41) is 11.2. The van der Waals surface area contributed by atoms with Gasteiger partial charge in [0, 0.05) is 5.56 Å². The molecule has 0 aliphatic rings. The number of unbranched alkanes of at least 4 members (excludes halogenated alkanes) is 3. The van der Waals surface area contributed by atoms with Gasteiger partial charge in [0.05, 0.1) is 11.4 Å². The van der Waals surface area contributed by atoms with Gasteiger partial charge in [-0.1, -0.05) is 80.8 Å². The lowest BCUT2D eigenvalue weighted by Gasteiger charge is -2.05. The van der Waals surface area contributed by atoms with Crippen LogP contribution in [-0.4, -0.2) is 21.8 Å². The van der Waals surface area contributed by atoms with Gasteiger partial charge >= 0.3 is 0 Å². The molecule has 0 aliphatic carbocycles. The topological polar surface area (TPSA) is 70.1 Å². The molecule has 0 atom stereocenters. The minimum atomic E-state index is -0.313. The largest absolute Gasteiger partial charge is 0.289 e. The van der Waals surface area contributed by atoms with Crippen LogP contribution in [0.5, 0.6) is 0 Å². The maximum atomic E-state index is 12.4. The fourth-order valence-corrected chi connectivity index (χ4v) is 3.12. The Bertz CT molecular complexity index is 943. The zero-order valence-electron chi connectivity index (χ0n) is 17.1. The molecule has 0 radical (unpaired) electrons. The van der Waals surface area contributed by atoms with E-state index in [1.807, 2.05) is 37.3 Å². The molecule has 1 aromatic heterocycles. The standard InChI is InChI=1S/C24H28N4O/c1-3-4-5-7-10-19-13-15-20(16-14-19)18(2)25-28-24(29)23-17-22(26-27-23)21-11-8-6-9-12-21/h6,8-9,11-17H,3-5,7,10H2,1-2H3,(H,26,27)(H,28,29)/b25-18+. The van der Waals surface area contributed by atoms with Crippen molar-refractivity contribution in [1.29, 1.82) is 0 Å². The van der Waals surface area contributed by atoms with Crippen LogP contribution in [-0.2, 0) is 6.42 Å². The molecule has 1 amide bonds. The zero-order chi connectivity index (χ0) is 20.5. The van der Waals surface area contributed by atoms with E-state index < -0.39 is 0 Å². The number of hydrazone groups is 1. The Labute approximate surface area is 172 Å². The van der Waals surface area contributed by atoms with Gasteiger partial charge in [-0.25, -0.2) is 5.43 Å². The van der Waals surface area contributed by atoms with Crippen molar-refractivity contribution in [2.45, 2.75) is 46.0 Å². The number of aryl methyl sites for hydroxylation is 1. The third-order valence-electron chi connectivity index (χ3n) is 4.91. The predicted octanol–water partition coefficient (Wildman–Crippen LogP) is 5.35. The van der Waals surface area contributed by atoms with Crippen LogP contribution in [0.2, 0.25) is 0 Å². The number of rotatable bonds is 9. The molecule has 0 spiro atoms. The highest BCUT2D eigenvalue weighted by molar-refractivity contribution is 6.00. The van der Waals surface area contributed by atoms with E-state index in [9.17, 15) is 4.79 Å². The van der Waals surface area contributed by atoms with Crippen LogP contribution < -0.4 is 5.43 Å². The van der Waals surface area contributed by atoms with Crippen molar-refractivity contribution < 1.29 is 4.79 Å². The summed E-state index contributed by atoms with van der Waals surface area (Å²) in [5.74, 6) is -0.313. The number of benzene rings is 2. The van der Waals surface area contributed by atoms with Gasteiger partial charge in [0.2, 0.25) is 0 Å². The number of amides is 1. The quantitative estimate of drug-likeness (QED) is 0.294. The molecule has 2 N–H and O–H groups in total. The second-order valence-corrected chi connectivity index (χ2v) is 7.18. The van der Waals surface area contributed by atoms with Crippen LogP contribution in [0.1, 0.15) is 61.1 Å². The van der Waals surface area contributed by atoms with Gasteiger partial charge in [-0.15, -0.1) is 0 Å². The lowest BCUT2D eigenvalue weighted by atomic mass is 10.0. The van der Waals surface area contributed by atoms with Crippen molar-refractivity contribution in [2.75, 3.05) is 0 Å². The highest BCUT2D eigenvalue weighted by Gasteiger charge is 2.10. The van der Waals surface area contributed by atoms with Crippen LogP contribution in [0.15, 0.2) is 65.8 Å². The van der Waals surface area contributed by atoms with E-state index in [1.54, 1.807) is 6.07 Å². The van der Waals surface area contributed by atoms with Crippen molar-refractivity contribution in [3.8, 4) is 11.3 Å². The second kappa shape index (κ2) is 10.4. The summed E-state index contributed by atoms with van der Waals surface area (Å²) in [6.45, 7) is 4.11. The molecule has 5 nitrogen and oxygen atoms in total. The molecule has 29 heavy (non-hydrogen) atoms. The molecule has 0 fully saturated rings. The van der Waals surface area contributed by atoms with Gasteiger partial charge < -0.3 is 0 Å². The second-order valence-electron chi connectivity index (χ2n) is 7.18. The minimum absolute atomic E-state index is 0.313. The Hall–Kier alpha value is -3.21. The van der Waals surface area contributed by atoms with E-state index in [4.69, 9.17) is 0 Å². The number of hydrogen-bond acceptors (Lipinski definition) is 3. The van der Waals surface area contributed by atoms with Crippen molar-refractivity contribution in [1.82, 2.24) is 15.6 Å². The van der Waals surface area contributed by atoms with Gasteiger partial charge in [-0.3, -0.25) is 9.89 Å². The average molecular weight is 389 g/mol. The number of carbonyl (C=O) groups excluding carboxylic acids is 1. The van der Waals surface area contributed by atoms with E-state index in [-0.39, 0.29) is 5.91 Å². The Morgan fingerprint density at radius 1 is 1.03 bits per heavy atom. The first-order chi connectivity index (χ1) is 14.2. The zero-order valence-corrected chi connectivity index (χ0v) is 17.1. The molecule has 0 saturated heterocycles. The molecule has 0 aliphatic heterocycles. The molecular formula is C24H28N4O. The molecular weight excluding hydrogens is 360 g/mol. The first kappa shape index (κ1) is 20.5. The summed E-state index contributed by atoms with van der Waals surface area (Å²) in [7, 11) is 0. The van der Waals surface area contributed by atoms with E-state index in [0.29, 0.717) is 5.69 Å². The van der Waals surface area contributed by atoms with Gasteiger partial charge in [-0.05, 0) is 37.0 Å². The molecule has 0 unspecified atom stereocenters. The highest BCUT2D eigenvalue weighted by atomic mass is 16.2. The van der Waals surface area contributed by atoms with Crippen LogP contribution >= 0.6 is 0 Å². The molecule has 1 heterocycles. The lowest BCUT2D eigenvalue weighted by Crippen LogP contribution is -2.19. The third-order valence-corrected chi connectivity index (χ3v) is 4.91. The molecule has 150 valence electrons. The van der Waals surface area contributed by atoms with E-state index >= 15 is 0 Å². The fourth-order valence-electron chi connectivity index (χ4n) is 3.12. The van der Waals surface area contributed by atoms with Gasteiger partial charge in [-0.2, -0.15) is 10.2 Å². The van der Waals surface area contributed by atoms with E-state index in [1.165, 1.54) is 31.2 Å². The molecule has 0 bridgehead atoms. The van der Waals surface area contributed by atoms with Crippen LogP contribution in [0.3, 0.4) is 0 Å². The predicted molar refractivity (Wildman–Crippen MR) is 118 cm³/mol. The number of H-pyrrole nitrogens is 1. The number of nitrogens with one attached hydrogen (secondary N) is 2. The molecule has 5 heteroatoms. The molecule has 3 aromatic rings. The van der Waals surface area contributed by atoms with Crippen LogP contribution in [0, 0.1) is 0 Å². The average Bonchev–Trinajstić information content (AvgIpc) is 3.26. The molecule has 0 saturated carbocycles. The Kier molecular flexibility index (Phi) is 7.34. The van der Waals surface area contributed by atoms with Gasteiger partial charge in [0.15, 0.2) is 0 Å². The maximum Gasteiger partial charge on any atom is 0.289 e. The van der Waals surface area contributed by atoms with Gasteiger partial charge in [0.1, 0.15) is 5.69 Å². The summed E-state index contributed by atoms with van der Waals surface area (Å²) in [6, 6.07) is 19.9. The number of hydrogen-bond donors (Lipinski definition) is 2. The lowest BCUT2D eigenvalue weighted by molar-refractivity contribution is 0.0950. The molecule has 3 rings (SSSR count). The first-order valence-corrected chi connectivity index (χ1v) is 10.2. The number of aromatic amines is 1. The summed E-state index contributed by atoms with van der Waals surface area (Å²) in [4.78, 5) is 12.4. The monoisotopic (exact) mass is 388 g/mol. The van der Waals surface area contributed by atoms with Crippen molar-refractivity contribution >= 4 is 11.6 Å². The first-order valence-electron chi connectivity index (χ1n) is 10.2. The Balaban J connectivity index is 1.56. The van der Waals surface area contributed by atoms with E-state index in [2.05, 4.69) is 51.9 Å². The Morgan fingerprint density at radius 2 is 1.79 bits per heavy atom. The van der Waals surface area contributed by atoms with Crippen molar-refractivity contribution in [3.05, 3.63) is 77.5 Å². The summed E-state index contributed by atoms with van der Waals surface area (Å²) < 4.78 is 0. The highest BCUT2D eigenvalue weighted by Crippen LogP contribution is 2.17. The molecule has 2 aromatic carbocycles.